The molecule has 4 nitrogen and oxygen atoms in total. The van der Waals surface area contributed by atoms with E-state index in [1.807, 2.05) is 19.9 Å². The first-order valence-corrected chi connectivity index (χ1v) is 7.65. The molecule has 0 saturated carbocycles. The largest absolute Gasteiger partial charge is 0.331 e. The van der Waals surface area contributed by atoms with Crippen molar-refractivity contribution in [2.75, 3.05) is 11.1 Å². The number of thioether (sulfide) groups is 1. The summed E-state index contributed by atoms with van der Waals surface area (Å²) in [5.41, 5.74) is 0.963. The van der Waals surface area contributed by atoms with E-state index in [4.69, 9.17) is 4.52 Å². The highest BCUT2D eigenvalue weighted by Gasteiger charge is 2.24. The van der Waals surface area contributed by atoms with Crippen LogP contribution in [0.5, 0.6) is 0 Å². The first-order valence-electron chi connectivity index (χ1n) is 6.66. The van der Waals surface area contributed by atoms with E-state index in [0.717, 1.165) is 22.6 Å². The van der Waals surface area contributed by atoms with E-state index >= 15 is 0 Å². The summed E-state index contributed by atoms with van der Waals surface area (Å²) < 4.78 is 19.0. The highest BCUT2D eigenvalue weighted by Crippen LogP contribution is 2.39. The smallest absolute Gasteiger partial charge is 0.321 e. The monoisotopic (exact) mass is 293 g/mol. The number of nitrogens with one attached hydrogen (secondary N) is 1. The van der Waals surface area contributed by atoms with Crippen molar-refractivity contribution in [2.45, 2.75) is 37.1 Å². The summed E-state index contributed by atoms with van der Waals surface area (Å²) >= 11 is 1.56. The van der Waals surface area contributed by atoms with Crippen LogP contribution >= 0.6 is 11.8 Å². The van der Waals surface area contributed by atoms with Crippen LogP contribution in [0.3, 0.4) is 0 Å². The standard InChI is InChI=1S/C14H16FN3OS/c1-8(2)13-17-14(19-18-13)16-11-6-7-20-12-9(11)4-3-5-10(12)15/h3-5,8,11H,6-7H2,1-2H3,(H,16,17,18). The lowest BCUT2D eigenvalue weighted by Gasteiger charge is -2.25. The van der Waals surface area contributed by atoms with Crippen LogP contribution in [0.2, 0.25) is 0 Å². The number of halogens is 1. The number of nitrogens with zero attached hydrogens (tertiary/aromatic N) is 2. The number of hydrogen-bond donors (Lipinski definition) is 1. The van der Waals surface area contributed by atoms with Gasteiger partial charge in [-0.25, -0.2) is 4.39 Å². The molecule has 0 radical (unpaired) electrons. The summed E-state index contributed by atoms with van der Waals surface area (Å²) in [6.07, 6.45) is 0.903. The maximum atomic E-state index is 13.8. The molecule has 1 aromatic heterocycles. The molecular weight excluding hydrogens is 277 g/mol. The molecule has 1 N–H and O–H groups in total. The second-order valence-electron chi connectivity index (χ2n) is 5.10. The minimum atomic E-state index is -0.160. The molecule has 0 spiro atoms. The number of fused-ring (bicyclic) bond motifs is 1. The van der Waals surface area contributed by atoms with E-state index in [9.17, 15) is 4.39 Å². The fourth-order valence-corrected chi connectivity index (χ4v) is 3.35. The van der Waals surface area contributed by atoms with Gasteiger partial charge in [0.25, 0.3) is 0 Å². The van der Waals surface area contributed by atoms with Crippen LogP contribution in [-0.4, -0.2) is 15.9 Å². The summed E-state index contributed by atoms with van der Waals surface area (Å²) in [5, 5.41) is 7.15. The van der Waals surface area contributed by atoms with Gasteiger partial charge in [0.2, 0.25) is 0 Å². The van der Waals surface area contributed by atoms with E-state index < -0.39 is 0 Å². The lowest BCUT2D eigenvalue weighted by Crippen LogP contribution is -2.17. The first kappa shape index (κ1) is 13.4. The Bertz CT molecular complexity index is 614. The Balaban J connectivity index is 1.84. The van der Waals surface area contributed by atoms with Gasteiger partial charge in [0, 0.05) is 16.6 Å². The molecule has 1 unspecified atom stereocenters. The number of anilines is 1. The van der Waals surface area contributed by atoms with Crippen LogP contribution in [0.4, 0.5) is 10.4 Å². The van der Waals surface area contributed by atoms with E-state index in [1.54, 1.807) is 17.8 Å². The third-order valence-corrected chi connectivity index (χ3v) is 4.44. The van der Waals surface area contributed by atoms with Gasteiger partial charge in [-0.05, 0) is 18.1 Å². The molecule has 1 aliphatic rings. The Morgan fingerprint density at radius 3 is 3.05 bits per heavy atom. The lowest BCUT2D eigenvalue weighted by atomic mass is 10.0. The van der Waals surface area contributed by atoms with Crippen LogP contribution in [0, 0.1) is 5.82 Å². The van der Waals surface area contributed by atoms with E-state index in [0.29, 0.717) is 11.8 Å². The molecule has 106 valence electrons. The molecule has 0 fully saturated rings. The zero-order valence-electron chi connectivity index (χ0n) is 11.4. The van der Waals surface area contributed by atoms with Crippen molar-refractivity contribution < 1.29 is 8.91 Å². The molecule has 0 aliphatic carbocycles. The Morgan fingerprint density at radius 2 is 2.30 bits per heavy atom. The molecule has 0 saturated heterocycles. The van der Waals surface area contributed by atoms with Crippen LogP contribution < -0.4 is 5.32 Å². The molecular formula is C14H16FN3OS. The fourth-order valence-electron chi connectivity index (χ4n) is 2.21. The zero-order chi connectivity index (χ0) is 14.1. The molecule has 0 bridgehead atoms. The molecule has 1 aliphatic heterocycles. The second-order valence-corrected chi connectivity index (χ2v) is 6.21. The maximum Gasteiger partial charge on any atom is 0.321 e. The first-order chi connectivity index (χ1) is 9.65. The third-order valence-electron chi connectivity index (χ3n) is 3.28. The van der Waals surface area contributed by atoms with Crippen molar-refractivity contribution in [2.24, 2.45) is 0 Å². The van der Waals surface area contributed by atoms with Crippen LogP contribution in [0.15, 0.2) is 27.6 Å². The van der Waals surface area contributed by atoms with Crippen molar-refractivity contribution in [1.29, 1.82) is 0 Å². The number of hydrogen-bond acceptors (Lipinski definition) is 5. The second kappa shape index (κ2) is 5.44. The topological polar surface area (TPSA) is 51.0 Å². The average molecular weight is 293 g/mol. The predicted molar refractivity (Wildman–Crippen MR) is 76.5 cm³/mol. The normalized spacial score (nSPS) is 18.1. The minimum absolute atomic E-state index is 0.0161. The number of aromatic nitrogens is 2. The zero-order valence-corrected chi connectivity index (χ0v) is 12.2. The molecule has 0 amide bonds. The van der Waals surface area contributed by atoms with Gasteiger partial charge in [-0.3, -0.25) is 0 Å². The highest BCUT2D eigenvalue weighted by atomic mass is 32.2. The van der Waals surface area contributed by atoms with E-state index in [2.05, 4.69) is 15.5 Å². The minimum Gasteiger partial charge on any atom is -0.331 e. The summed E-state index contributed by atoms with van der Waals surface area (Å²) in [7, 11) is 0. The molecule has 1 atom stereocenters. The summed E-state index contributed by atoms with van der Waals surface area (Å²) in [6, 6.07) is 5.60. The summed E-state index contributed by atoms with van der Waals surface area (Å²) in [4.78, 5) is 5.03. The summed E-state index contributed by atoms with van der Waals surface area (Å²) in [6.45, 7) is 4.02. The predicted octanol–water partition coefficient (Wildman–Crippen LogP) is 3.98. The van der Waals surface area contributed by atoms with Gasteiger partial charge >= 0.3 is 6.01 Å². The van der Waals surface area contributed by atoms with Gasteiger partial charge in [-0.15, -0.1) is 11.8 Å². The van der Waals surface area contributed by atoms with Gasteiger partial charge < -0.3 is 9.84 Å². The Labute approximate surface area is 121 Å². The number of benzene rings is 1. The van der Waals surface area contributed by atoms with Crippen LogP contribution in [-0.2, 0) is 0 Å². The molecule has 2 heterocycles. The van der Waals surface area contributed by atoms with Gasteiger partial charge in [-0.2, -0.15) is 4.98 Å². The van der Waals surface area contributed by atoms with E-state index in [-0.39, 0.29) is 17.8 Å². The molecule has 6 heteroatoms. The van der Waals surface area contributed by atoms with Gasteiger partial charge in [0.1, 0.15) is 5.82 Å². The van der Waals surface area contributed by atoms with Gasteiger partial charge in [-0.1, -0.05) is 31.1 Å². The van der Waals surface area contributed by atoms with Crippen molar-refractivity contribution in [3.05, 3.63) is 35.4 Å². The van der Waals surface area contributed by atoms with Gasteiger partial charge in [0.15, 0.2) is 5.82 Å². The average Bonchev–Trinajstić information content (AvgIpc) is 2.89. The highest BCUT2D eigenvalue weighted by molar-refractivity contribution is 7.99. The van der Waals surface area contributed by atoms with Crippen molar-refractivity contribution >= 4 is 17.8 Å². The molecule has 20 heavy (non-hydrogen) atoms. The molecule has 3 rings (SSSR count). The van der Waals surface area contributed by atoms with Crippen molar-refractivity contribution in [1.82, 2.24) is 10.1 Å². The Hall–Kier alpha value is -1.56. The maximum absolute atomic E-state index is 13.8. The third kappa shape index (κ3) is 2.52. The van der Waals surface area contributed by atoms with Crippen molar-refractivity contribution in [3.63, 3.8) is 0 Å². The van der Waals surface area contributed by atoms with Crippen LogP contribution in [0.25, 0.3) is 0 Å². The van der Waals surface area contributed by atoms with Crippen LogP contribution in [0.1, 0.15) is 43.6 Å². The Kier molecular flexibility index (Phi) is 3.65. The molecule has 2 aromatic rings. The lowest BCUT2D eigenvalue weighted by molar-refractivity contribution is 0.414. The molecule has 1 aromatic carbocycles. The van der Waals surface area contributed by atoms with Crippen molar-refractivity contribution in [3.8, 4) is 0 Å². The van der Waals surface area contributed by atoms with E-state index in [1.165, 1.54) is 6.07 Å². The number of rotatable bonds is 3. The fraction of sp³-hybridized carbons (Fsp3) is 0.429. The Morgan fingerprint density at radius 1 is 1.45 bits per heavy atom. The van der Waals surface area contributed by atoms with Gasteiger partial charge in [0.05, 0.1) is 6.04 Å². The quantitative estimate of drug-likeness (QED) is 0.927. The SMILES string of the molecule is CC(C)c1noc(NC2CCSc3c(F)cccc32)n1. The summed E-state index contributed by atoms with van der Waals surface area (Å²) in [5.74, 6) is 1.61.